The number of carbonyl (C=O) groups is 2. The van der Waals surface area contributed by atoms with E-state index in [9.17, 15) is 9.59 Å². The van der Waals surface area contributed by atoms with Crippen LogP contribution in [0.15, 0.2) is 84.9 Å². The molecule has 6 nitrogen and oxygen atoms in total. The molecule has 3 rings (SSSR count). The summed E-state index contributed by atoms with van der Waals surface area (Å²) in [6.07, 6.45) is 0. The van der Waals surface area contributed by atoms with Crippen molar-refractivity contribution in [1.29, 1.82) is 0 Å². The highest BCUT2D eigenvalue weighted by atomic mass is 35.5. The summed E-state index contributed by atoms with van der Waals surface area (Å²) in [5.41, 5.74) is 3.00. The Labute approximate surface area is 206 Å². The summed E-state index contributed by atoms with van der Waals surface area (Å²) in [7, 11) is 0. The Hall–Kier alpha value is -3.51. The monoisotopic (exact) mass is 482 g/mol. The van der Waals surface area contributed by atoms with Crippen LogP contribution in [0, 0.1) is 0 Å². The maximum absolute atomic E-state index is 11.8. The summed E-state index contributed by atoms with van der Waals surface area (Å²) in [6.45, 7) is 5.49. The lowest BCUT2D eigenvalue weighted by molar-refractivity contribution is -0.142. The molecular formula is C27H31ClN2O4. The van der Waals surface area contributed by atoms with E-state index < -0.39 is 0 Å². The van der Waals surface area contributed by atoms with Crippen LogP contribution in [0.3, 0.4) is 0 Å². The molecule has 0 spiro atoms. The van der Waals surface area contributed by atoms with Gasteiger partial charge < -0.3 is 19.7 Å². The second kappa shape index (κ2) is 15.3. The molecule has 0 amide bonds. The zero-order valence-corrected chi connectivity index (χ0v) is 20.3. The summed E-state index contributed by atoms with van der Waals surface area (Å²) >= 11 is 5.90. The highest BCUT2D eigenvalue weighted by molar-refractivity contribution is 6.30. The van der Waals surface area contributed by atoms with Crippen molar-refractivity contribution in [3.63, 3.8) is 0 Å². The van der Waals surface area contributed by atoms with Crippen molar-refractivity contribution in [1.82, 2.24) is 0 Å². The third kappa shape index (κ3) is 10.4. The van der Waals surface area contributed by atoms with Gasteiger partial charge in [-0.05, 0) is 55.8 Å². The van der Waals surface area contributed by atoms with Gasteiger partial charge in [0.2, 0.25) is 0 Å². The third-order valence-electron chi connectivity index (χ3n) is 4.55. The molecule has 0 saturated carbocycles. The molecule has 0 aliphatic carbocycles. The van der Waals surface area contributed by atoms with Gasteiger partial charge in [0, 0.05) is 22.9 Å². The maximum Gasteiger partial charge on any atom is 0.325 e. The fourth-order valence-corrected chi connectivity index (χ4v) is 3.12. The van der Waals surface area contributed by atoms with E-state index in [4.69, 9.17) is 21.1 Å². The zero-order valence-electron chi connectivity index (χ0n) is 19.6. The topological polar surface area (TPSA) is 67.9 Å². The minimum atomic E-state index is -0.230. The number of ether oxygens (including phenoxy) is 2. The van der Waals surface area contributed by atoms with Gasteiger partial charge in [-0.2, -0.15) is 0 Å². The number of anilines is 2. The van der Waals surface area contributed by atoms with Crippen molar-refractivity contribution in [3.8, 4) is 0 Å². The summed E-state index contributed by atoms with van der Waals surface area (Å²) in [5, 5.41) is 3.66. The molecule has 0 radical (unpaired) electrons. The number of nitrogens with one attached hydrogen (secondary N) is 1. The molecule has 180 valence electrons. The number of hydrogen-bond donors (Lipinski definition) is 1. The number of halogens is 1. The van der Waals surface area contributed by atoms with E-state index in [-0.39, 0.29) is 25.0 Å². The summed E-state index contributed by atoms with van der Waals surface area (Å²) in [6, 6.07) is 27.0. The first kappa shape index (κ1) is 26.7. The molecule has 0 saturated heterocycles. The van der Waals surface area contributed by atoms with Gasteiger partial charge in [-0.1, -0.05) is 60.1 Å². The average Bonchev–Trinajstić information content (AvgIpc) is 2.86. The van der Waals surface area contributed by atoms with Gasteiger partial charge in [0.15, 0.2) is 0 Å². The Morgan fingerprint density at radius 3 is 1.94 bits per heavy atom. The molecular weight excluding hydrogens is 452 g/mol. The molecule has 0 unspecified atom stereocenters. The predicted molar refractivity (Wildman–Crippen MR) is 137 cm³/mol. The van der Waals surface area contributed by atoms with E-state index in [0.29, 0.717) is 24.8 Å². The van der Waals surface area contributed by atoms with Gasteiger partial charge in [-0.15, -0.1) is 0 Å². The lowest BCUT2D eigenvalue weighted by atomic mass is 10.2. The number of rotatable bonds is 10. The highest BCUT2D eigenvalue weighted by Crippen LogP contribution is 2.18. The second-order valence-electron chi connectivity index (χ2n) is 7.15. The third-order valence-corrected chi connectivity index (χ3v) is 4.80. The molecule has 34 heavy (non-hydrogen) atoms. The van der Waals surface area contributed by atoms with E-state index in [1.54, 1.807) is 6.92 Å². The molecule has 7 heteroatoms. The first-order chi connectivity index (χ1) is 16.5. The van der Waals surface area contributed by atoms with E-state index >= 15 is 0 Å². The van der Waals surface area contributed by atoms with Gasteiger partial charge in [-0.3, -0.25) is 9.59 Å². The van der Waals surface area contributed by atoms with Crippen LogP contribution < -0.4 is 10.2 Å². The van der Waals surface area contributed by atoms with Crippen molar-refractivity contribution in [2.24, 2.45) is 0 Å². The minimum Gasteiger partial charge on any atom is -0.465 e. The Kier molecular flexibility index (Phi) is 12.1. The van der Waals surface area contributed by atoms with Crippen LogP contribution in [0.5, 0.6) is 0 Å². The first-order valence-corrected chi connectivity index (χ1v) is 11.5. The quantitative estimate of drug-likeness (QED) is 0.381. The molecule has 3 aromatic rings. The highest BCUT2D eigenvalue weighted by Gasteiger charge is 2.13. The molecule has 0 aromatic heterocycles. The van der Waals surface area contributed by atoms with Crippen molar-refractivity contribution in [3.05, 3.63) is 95.5 Å². The first-order valence-electron chi connectivity index (χ1n) is 11.2. The maximum atomic E-state index is 11.8. The molecule has 1 N–H and O–H groups in total. The Morgan fingerprint density at radius 1 is 0.794 bits per heavy atom. The largest absolute Gasteiger partial charge is 0.465 e. The molecule has 0 heterocycles. The Morgan fingerprint density at radius 2 is 1.35 bits per heavy atom. The number of nitrogens with zero attached hydrogens (tertiary/aromatic N) is 1. The van der Waals surface area contributed by atoms with E-state index in [1.807, 2.05) is 96.8 Å². The number of carbonyl (C=O) groups excluding carboxylic acids is 2. The van der Waals surface area contributed by atoms with Gasteiger partial charge in [0.05, 0.1) is 13.2 Å². The normalized spacial score (nSPS) is 9.85. The van der Waals surface area contributed by atoms with Crippen LogP contribution in [-0.4, -0.2) is 38.2 Å². The summed E-state index contributed by atoms with van der Waals surface area (Å²) < 4.78 is 9.81. The van der Waals surface area contributed by atoms with Gasteiger partial charge in [0.1, 0.15) is 13.1 Å². The second-order valence-corrected chi connectivity index (χ2v) is 7.58. The zero-order chi connectivity index (χ0) is 24.6. The van der Waals surface area contributed by atoms with Crippen molar-refractivity contribution in [2.75, 3.05) is 36.5 Å². The van der Waals surface area contributed by atoms with Gasteiger partial charge in [0.25, 0.3) is 0 Å². The lowest BCUT2D eigenvalue weighted by Crippen LogP contribution is -2.30. The van der Waals surface area contributed by atoms with Crippen molar-refractivity contribution < 1.29 is 19.1 Å². The SMILES string of the molecule is CCOC(=O)CN(Cc1ccc(Cl)cc1)c1ccccc1.CCOC(=O)CNc1ccccc1. The Balaban J connectivity index is 0.000000270. The van der Waals surface area contributed by atoms with Gasteiger partial charge in [-0.25, -0.2) is 0 Å². The molecule has 0 atom stereocenters. The number of para-hydroxylation sites is 2. The summed E-state index contributed by atoms with van der Waals surface area (Å²) in [4.78, 5) is 24.7. The number of hydrogen-bond acceptors (Lipinski definition) is 6. The fraction of sp³-hybridized carbons (Fsp3) is 0.259. The van der Waals surface area contributed by atoms with Crippen LogP contribution in [0.2, 0.25) is 5.02 Å². The number of esters is 2. The Bertz CT molecular complexity index is 983. The molecule has 3 aromatic carbocycles. The lowest BCUT2D eigenvalue weighted by Gasteiger charge is -2.24. The minimum absolute atomic E-state index is 0.220. The van der Waals surface area contributed by atoms with Crippen LogP contribution >= 0.6 is 11.6 Å². The van der Waals surface area contributed by atoms with Crippen molar-refractivity contribution >= 4 is 34.9 Å². The van der Waals surface area contributed by atoms with E-state index in [2.05, 4.69) is 5.32 Å². The van der Waals surface area contributed by atoms with Gasteiger partial charge >= 0.3 is 11.9 Å². The number of benzene rings is 3. The fourth-order valence-electron chi connectivity index (χ4n) is 2.99. The summed E-state index contributed by atoms with van der Waals surface area (Å²) in [5.74, 6) is -0.457. The van der Waals surface area contributed by atoms with Crippen LogP contribution in [0.1, 0.15) is 19.4 Å². The average molecular weight is 483 g/mol. The van der Waals surface area contributed by atoms with E-state index in [1.165, 1.54) is 0 Å². The molecule has 0 fully saturated rings. The van der Waals surface area contributed by atoms with Crippen LogP contribution in [0.25, 0.3) is 0 Å². The van der Waals surface area contributed by atoms with Crippen LogP contribution in [0.4, 0.5) is 11.4 Å². The van der Waals surface area contributed by atoms with Crippen LogP contribution in [-0.2, 0) is 25.6 Å². The standard InChI is InChI=1S/C17H18ClNO2.C10H13NO2/c1-2-21-17(20)13-19(16-6-4-3-5-7-16)12-14-8-10-15(18)11-9-14;1-2-13-10(12)8-11-9-6-4-3-5-7-9/h3-11H,2,12-13H2,1H3;3-7,11H,2,8H2,1H3. The molecule has 0 aliphatic heterocycles. The van der Waals surface area contributed by atoms with Crippen molar-refractivity contribution in [2.45, 2.75) is 20.4 Å². The van der Waals surface area contributed by atoms with E-state index in [0.717, 1.165) is 16.9 Å². The molecule has 0 bridgehead atoms. The smallest absolute Gasteiger partial charge is 0.325 e. The molecule has 0 aliphatic rings. The predicted octanol–water partition coefficient (Wildman–Crippen LogP) is 5.57.